The molecule has 8 nitrogen and oxygen atoms in total. The van der Waals surface area contributed by atoms with Gasteiger partial charge in [-0.1, -0.05) is 5.16 Å². The first kappa shape index (κ1) is 11.7. The van der Waals surface area contributed by atoms with Gasteiger partial charge in [0.25, 0.3) is 5.91 Å². The van der Waals surface area contributed by atoms with Crippen LogP contribution in [0, 0.1) is 0 Å². The Morgan fingerprint density at radius 3 is 2.56 bits per heavy atom. The standard InChI is InChI=1S/C8H8N2O6/c11-6(12)3-5(8(14)15)9-7(13)4-1-2-16-10-4/h1-2,5H,3H2,(H,9,13)(H,11,12)(H,14,15)/t5-/m0/s1. The maximum absolute atomic E-state index is 11.3. The molecule has 8 heteroatoms. The molecule has 1 atom stereocenters. The Bertz CT molecular complexity index is 399. The van der Waals surface area contributed by atoms with Crippen molar-refractivity contribution in [2.45, 2.75) is 12.5 Å². The number of hydrogen-bond donors (Lipinski definition) is 3. The molecule has 0 aliphatic heterocycles. The second kappa shape index (κ2) is 4.91. The van der Waals surface area contributed by atoms with E-state index < -0.39 is 30.3 Å². The summed E-state index contributed by atoms with van der Waals surface area (Å²) >= 11 is 0. The van der Waals surface area contributed by atoms with Crippen LogP contribution in [-0.2, 0) is 9.59 Å². The molecule has 1 heterocycles. The molecule has 3 N–H and O–H groups in total. The van der Waals surface area contributed by atoms with Crippen molar-refractivity contribution in [2.75, 3.05) is 0 Å². The third-order valence-corrected chi connectivity index (χ3v) is 1.65. The Kier molecular flexibility index (Phi) is 3.59. The van der Waals surface area contributed by atoms with Gasteiger partial charge in [-0.15, -0.1) is 0 Å². The maximum atomic E-state index is 11.3. The molecule has 16 heavy (non-hydrogen) atoms. The summed E-state index contributed by atoms with van der Waals surface area (Å²) in [5, 5.41) is 22.4. The van der Waals surface area contributed by atoms with Crippen LogP contribution in [0.5, 0.6) is 0 Å². The quantitative estimate of drug-likeness (QED) is 0.609. The van der Waals surface area contributed by atoms with E-state index in [9.17, 15) is 14.4 Å². The number of nitrogens with one attached hydrogen (secondary N) is 1. The molecular formula is C8H8N2O6. The maximum Gasteiger partial charge on any atom is 0.326 e. The average Bonchev–Trinajstić information content (AvgIpc) is 2.68. The van der Waals surface area contributed by atoms with Crippen LogP contribution in [0.15, 0.2) is 16.9 Å². The van der Waals surface area contributed by atoms with Crippen molar-refractivity contribution in [3.05, 3.63) is 18.0 Å². The molecule has 0 saturated heterocycles. The number of carbonyl (C=O) groups is 3. The summed E-state index contributed by atoms with van der Waals surface area (Å²) in [6, 6.07) is -0.267. The molecule has 0 unspecified atom stereocenters. The summed E-state index contributed by atoms with van der Waals surface area (Å²) < 4.78 is 4.38. The SMILES string of the molecule is O=C(O)C[C@H](NC(=O)c1ccon1)C(=O)O. The fraction of sp³-hybridized carbons (Fsp3) is 0.250. The van der Waals surface area contributed by atoms with Gasteiger partial charge in [0, 0.05) is 6.07 Å². The molecular weight excluding hydrogens is 220 g/mol. The first-order valence-corrected chi connectivity index (χ1v) is 4.16. The van der Waals surface area contributed by atoms with E-state index in [-0.39, 0.29) is 5.69 Å². The lowest BCUT2D eigenvalue weighted by Gasteiger charge is -2.10. The van der Waals surface area contributed by atoms with Crippen molar-refractivity contribution in [3.8, 4) is 0 Å². The number of amides is 1. The Morgan fingerprint density at radius 2 is 2.12 bits per heavy atom. The summed E-state index contributed by atoms with van der Waals surface area (Å²) in [5.41, 5.74) is -0.114. The molecule has 0 spiro atoms. The summed E-state index contributed by atoms with van der Waals surface area (Å²) in [7, 11) is 0. The zero-order valence-electron chi connectivity index (χ0n) is 7.91. The van der Waals surface area contributed by atoms with Gasteiger partial charge in [0.05, 0.1) is 6.42 Å². The monoisotopic (exact) mass is 228 g/mol. The van der Waals surface area contributed by atoms with E-state index >= 15 is 0 Å². The van der Waals surface area contributed by atoms with Gasteiger partial charge in [0.1, 0.15) is 12.3 Å². The summed E-state index contributed by atoms with van der Waals surface area (Å²) in [5.74, 6) is -3.56. The lowest BCUT2D eigenvalue weighted by molar-refractivity contribution is -0.145. The lowest BCUT2D eigenvalue weighted by atomic mass is 10.2. The fourth-order valence-corrected chi connectivity index (χ4v) is 0.937. The van der Waals surface area contributed by atoms with Gasteiger partial charge in [-0.05, 0) is 0 Å². The van der Waals surface area contributed by atoms with Gasteiger partial charge in [0.15, 0.2) is 5.69 Å². The Morgan fingerprint density at radius 1 is 1.44 bits per heavy atom. The lowest BCUT2D eigenvalue weighted by Crippen LogP contribution is -2.42. The van der Waals surface area contributed by atoms with Gasteiger partial charge >= 0.3 is 11.9 Å². The summed E-state index contributed by atoms with van der Waals surface area (Å²) in [6.07, 6.45) is 0.431. The van der Waals surface area contributed by atoms with Crippen molar-refractivity contribution in [3.63, 3.8) is 0 Å². The second-order valence-corrected chi connectivity index (χ2v) is 2.85. The first-order valence-electron chi connectivity index (χ1n) is 4.16. The van der Waals surface area contributed by atoms with Crippen molar-refractivity contribution in [1.82, 2.24) is 10.5 Å². The minimum atomic E-state index is -1.50. The van der Waals surface area contributed by atoms with Gasteiger partial charge < -0.3 is 20.1 Å². The van der Waals surface area contributed by atoms with Crippen LogP contribution in [-0.4, -0.2) is 39.3 Å². The number of carbonyl (C=O) groups excluding carboxylic acids is 1. The smallest absolute Gasteiger partial charge is 0.326 e. The van der Waals surface area contributed by atoms with E-state index in [0.717, 1.165) is 6.26 Å². The van der Waals surface area contributed by atoms with Crippen LogP contribution in [0.1, 0.15) is 16.9 Å². The second-order valence-electron chi connectivity index (χ2n) is 2.85. The zero-order chi connectivity index (χ0) is 12.1. The van der Waals surface area contributed by atoms with E-state index in [1.807, 2.05) is 5.32 Å². The number of carboxylic acids is 2. The summed E-state index contributed by atoms with van der Waals surface area (Å²) in [4.78, 5) is 32.3. The summed E-state index contributed by atoms with van der Waals surface area (Å²) in [6.45, 7) is 0. The van der Waals surface area contributed by atoms with Crippen LogP contribution in [0.25, 0.3) is 0 Å². The average molecular weight is 228 g/mol. The van der Waals surface area contributed by atoms with Crippen molar-refractivity contribution >= 4 is 17.8 Å². The predicted molar refractivity (Wildman–Crippen MR) is 47.6 cm³/mol. The number of hydrogen-bond acceptors (Lipinski definition) is 5. The van der Waals surface area contributed by atoms with E-state index in [1.54, 1.807) is 0 Å². The molecule has 0 aliphatic rings. The molecule has 0 fully saturated rings. The van der Waals surface area contributed by atoms with Gasteiger partial charge in [-0.25, -0.2) is 4.79 Å². The molecule has 86 valence electrons. The van der Waals surface area contributed by atoms with E-state index in [0.29, 0.717) is 0 Å². The molecule has 1 aromatic heterocycles. The third-order valence-electron chi connectivity index (χ3n) is 1.65. The van der Waals surface area contributed by atoms with Crippen LogP contribution >= 0.6 is 0 Å². The minimum absolute atomic E-state index is 0.114. The molecule has 0 radical (unpaired) electrons. The predicted octanol–water partition coefficient (Wildman–Crippen LogP) is -0.668. The van der Waals surface area contributed by atoms with Gasteiger partial charge in [-0.3, -0.25) is 9.59 Å². The fourth-order valence-electron chi connectivity index (χ4n) is 0.937. The highest BCUT2D eigenvalue weighted by atomic mass is 16.5. The van der Waals surface area contributed by atoms with Gasteiger partial charge in [-0.2, -0.15) is 0 Å². The molecule has 1 amide bonds. The normalized spacial score (nSPS) is 11.8. The Balaban J connectivity index is 2.65. The molecule has 1 aromatic rings. The highest BCUT2D eigenvalue weighted by molar-refractivity contribution is 5.95. The minimum Gasteiger partial charge on any atom is -0.481 e. The van der Waals surface area contributed by atoms with Crippen LogP contribution in [0.2, 0.25) is 0 Å². The zero-order valence-corrected chi connectivity index (χ0v) is 7.91. The molecule has 0 aliphatic carbocycles. The van der Waals surface area contributed by atoms with Crippen LogP contribution < -0.4 is 5.32 Å². The number of rotatable bonds is 5. The van der Waals surface area contributed by atoms with Crippen LogP contribution in [0.4, 0.5) is 0 Å². The molecule has 0 aromatic carbocycles. The van der Waals surface area contributed by atoms with E-state index in [1.165, 1.54) is 6.07 Å². The van der Waals surface area contributed by atoms with Crippen molar-refractivity contribution in [2.24, 2.45) is 0 Å². The van der Waals surface area contributed by atoms with Crippen LogP contribution in [0.3, 0.4) is 0 Å². The number of aliphatic carboxylic acids is 2. The van der Waals surface area contributed by atoms with Crippen molar-refractivity contribution in [1.29, 1.82) is 0 Å². The highest BCUT2D eigenvalue weighted by Crippen LogP contribution is 1.98. The molecule has 1 rings (SSSR count). The topological polar surface area (TPSA) is 130 Å². The van der Waals surface area contributed by atoms with Gasteiger partial charge in [0.2, 0.25) is 0 Å². The molecule has 0 saturated carbocycles. The first-order chi connectivity index (χ1) is 7.50. The largest absolute Gasteiger partial charge is 0.481 e. The third kappa shape index (κ3) is 3.08. The van der Waals surface area contributed by atoms with E-state index in [4.69, 9.17) is 10.2 Å². The number of nitrogens with zero attached hydrogens (tertiary/aromatic N) is 1. The van der Waals surface area contributed by atoms with E-state index in [2.05, 4.69) is 9.68 Å². The Hall–Kier alpha value is -2.38. The van der Waals surface area contributed by atoms with Crippen molar-refractivity contribution < 1.29 is 29.1 Å². The Labute approximate surface area is 88.8 Å². The molecule has 0 bridgehead atoms. The number of aromatic nitrogens is 1. The number of carboxylic acid groups (broad SMARTS) is 2. The highest BCUT2D eigenvalue weighted by Gasteiger charge is 2.24.